The van der Waals surface area contributed by atoms with Gasteiger partial charge in [-0.3, -0.25) is 0 Å². The second kappa shape index (κ2) is 6.14. The molecule has 0 radical (unpaired) electrons. The van der Waals surface area contributed by atoms with E-state index in [0.717, 1.165) is 18.9 Å². The zero-order valence-corrected chi connectivity index (χ0v) is 13.3. The molecule has 1 unspecified atom stereocenters. The first kappa shape index (κ1) is 14.7. The van der Waals surface area contributed by atoms with Crippen LogP contribution in [-0.4, -0.2) is 35.6 Å². The summed E-state index contributed by atoms with van der Waals surface area (Å²) < 4.78 is 0.398. The first-order valence-corrected chi connectivity index (χ1v) is 8.02. The molecular weight excluding hydrogens is 254 g/mol. The summed E-state index contributed by atoms with van der Waals surface area (Å²) in [6, 6.07) is 4.71. The van der Waals surface area contributed by atoms with Crippen molar-refractivity contribution in [3.05, 3.63) is 23.9 Å². The Balaban J connectivity index is 2.05. The Morgan fingerprint density at radius 2 is 2.16 bits per heavy atom. The number of anilines is 1. The number of hydrogen-bond donors (Lipinski definition) is 1. The van der Waals surface area contributed by atoms with Crippen molar-refractivity contribution in [2.45, 2.75) is 38.0 Å². The van der Waals surface area contributed by atoms with Crippen molar-refractivity contribution in [2.75, 3.05) is 30.8 Å². The fraction of sp³-hybridized carbons (Fsp3) is 0.667. The Labute approximate surface area is 121 Å². The maximum absolute atomic E-state index is 4.64. The first-order valence-electron chi connectivity index (χ1n) is 7.04. The number of hydrogen-bond acceptors (Lipinski definition) is 4. The van der Waals surface area contributed by atoms with Crippen LogP contribution >= 0.6 is 11.8 Å². The van der Waals surface area contributed by atoms with Gasteiger partial charge in [0.05, 0.1) is 0 Å². The highest BCUT2D eigenvalue weighted by molar-refractivity contribution is 8.00. The lowest BCUT2D eigenvalue weighted by Crippen LogP contribution is -2.27. The van der Waals surface area contributed by atoms with Gasteiger partial charge in [-0.05, 0) is 32.0 Å². The second-order valence-corrected chi connectivity index (χ2v) is 7.61. The molecular formula is C15H25N3S. The Kier molecular flexibility index (Phi) is 4.74. The van der Waals surface area contributed by atoms with E-state index in [2.05, 4.69) is 59.9 Å². The van der Waals surface area contributed by atoms with E-state index in [1.807, 2.05) is 13.2 Å². The highest BCUT2D eigenvalue weighted by Crippen LogP contribution is 2.31. The van der Waals surface area contributed by atoms with Gasteiger partial charge in [-0.15, -0.1) is 0 Å². The number of nitrogens with zero attached hydrogens (tertiary/aromatic N) is 2. The van der Waals surface area contributed by atoms with Crippen molar-refractivity contribution in [2.24, 2.45) is 0 Å². The Morgan fingerprint density at radius 1 is 1.37 bits per heavy atom. The average Bonchev–Trinajstić information content (AvgIpc) is 2.59. The molecule has 0 amide bonds. The molecule has 0 spiro atoms. The summed E-state index contributed by atoms with van der Waals surface area (Å²) in [5, 5.41) is 3.24. The van der Waals surface area contributed by atoms with Crippen LogP contribution in [0.15, 0.2) is 18.3 Å². The highest BCUT2D eigenvalue weighted by atomic mass is 32.2. The number of pyridine rings is 1. The van der Waals surface area contributed by atoms with Crippen LogP contribution in [0.3, 0.4) is 0 Å². The normalized spacial score (nSPS) is 20.9. The van der Waals surface area contributed by atoms with Crippen molar-refractivity contribution in [1.29, 1.82) is 0 Å². The molecule has 1 aliphatic rings. The average molecular weight is 279 g/mol. The van der Waals surface area contributed by atoms with Gasteiger partial charge in [0.1, 0.15) is 5.82 Å². The minimum absolute atomic E-state index is 0.361. The van der Waals surface area contributed by atoms with Gasteiger partial charge in [-0.2, -0.15) is 11.8 Å². The van der Waals surface area contributed by atoms with Gasteiger partial charge in [0.2, 0.25) is 0 Å². The van der Waals surface area contributed by atoms with E-state index in [0.29, 0.717) is 10.8 Å². The second-order valence-electron chi connectivity index (χ2n) is 5.81. The molecule has 1 aromatic heterocycles. The Hall–Kier alpha value is -0.740. The summed E-state index contributed by atoms with van der Waals surface area (Å²) >= 11 is 2.07. The lowest BCUT2D eigenvalue weighted by Gasteiger charge is -2.23. The molecule has 2 heterocycles. The molecule has 3 nitrogen and oxygen atoms in total. The van der Waals surface area contributed by atoms with Gasteiger partial charge in [0.15, 0.2) is 0 Å². The van der Waals surface area contributed by atoms with Crippen LogP contribution in [0, 0.1) is 0 Å². The Bertz CT molecular complexity index is 402. The van der Waals surface area contributed by atoms with Gasteiger partial charge in [-0.25, -0.2) is 4.98 Å². The molecule has 0 bridgehead atoms. The molecule has 0 saturated carbocycles. The molecule has 0 aromatic carbocycles. The summed E-state index contributed by atoms with van der Waals surface area (Å²) in [4.78, 5) is 7.05. The predicted octanol–water partition coefficient (Wildman–Crippen LogP) is 3.08. The van der Waals surface area contributed by atoms with E-state index in [1.165, 1.54) is 17.7 Å². The van der Waals surface area contributed by atoms with Crippen LogP contribution in [0.25, 0.3) is 0 Å². The zero-order chi connectivity index (χ0) is 13.9. The molecule has 19 heavy (non-hydrogen) atoms. The molecule has 106 valence electrons. The standard InChI is InChI=1S/C15H25N3S/c1-12(16-4)13-5-6-14(17-11-13)18-8-7-15(2,3)19-10-9-18/h5-6,11-12,16H,7-10H2,1-4H3. The number of thioether (sulfide) groups is 1. The topological polar surface area (TPSA) is 28.2 Å². The highest BCUT2D eigenvalue weighted by Gasteiger charge is 2.24. The molecule has 1 aromatic rings. The van der Waals surface area contributed by atoms with Crippen LogP contribution in [0.1, 0.15) is 38.8 Å². The number of aromatic nitrogens is 1. The monoisotopic (exact) mass is 279 g/mol. The predicted molar refractivity (Wildman–Crippen MR) is 85.1 cm³/mol. The van der Waals surface area contributed by atoms with Crippen LogP contribution < -0.4 is 10.2 Å². The van der Waals surface area contributed by atoms with Gasteiger partial charge in [-0.1, -0.05) is 19.9 Å². The Morgan fingerprint density at radius 3 is 2.79 bits per heavy atom. The smallest absolute Gasteiger partial charge is 0.128 e. The summed E-state index contributed by atoms with van der Waals surface area (Å²) in [6.45, 7) is 9.04. The summed E-state index contributed by atoms with van der Waals surface area (Å²) in [6.07, 6.45) is 3.22. The molecule has 2 rings (SSSR count). The third-order valence-electron chi connectivity index (χ3n) is 3.87. The van der Waals surface area contributed by atoms with E-state index in [4.69, 9.17) is 0 Å². The summed E-state index contributed by atoms with van der Waals surface area (Å²) in [5.74, 6) is 2.30. The minimum Gasteiger partial charge on any atom is -0.356 e. The van der Waals surface area contributed by atoms with Crippen LogP contribution in [0.4, 0.5) is 5.82 Å². The zero-order valence-electron chi connectivity index (χ0n) is 12.4. The van der Waals surface area contributed by atoms with E-state index >= 15 is 0 Å². The lowest BCUT2D eigenvalue weighted by atomic mass is 10.1. The molecule has 0 aliphatic carbocycles. The SMILES string of the molecule is CNC(C)c1ccc(N2CCSC(C)(C)CC2)nc1. The van der Waals surface area contributed by atoms with Crippen molar-refractivity contribution in [3.8, 4) is 0 Å². The van der Waals surface area contributed by atoms with Crippen LogP contribution in [0.5, 0.6) is 0 Å². The molecule has 1 saturated heterocycles. The first-order chi connectivity index (χ1) is 9.02. The van der Waals surface area contributed by atoms with Gasteiger partial charge < -0.3 is 10.2 Å². The third kappa shape index (κ3) is 3.86. The van der Waals surface area contributed by atoms with Gasteiger partial charge >= 0.3 is 0 Å². The van der Waals surface area contributed by atoms with Crippen molar-refractivity contribution >= 4 is 17.6 Å². The van der Waals surface area contributed by atoms with Gasteiger partial charge in [0, 0.05) is 35.8 Å². The van der Waals surface area contributed by atoms with E-state index < -0.39 is 0 Å². The lowest BCUT2D eigenvalue weighted by molar-refractivity contribution is 0.632. The fourth-order valence-electron chi connectivity index (χ4n) is 2.26. The van der Waals surface area contributed by atoms with Crippen LogP contribution in [-0.2, 0) is 0 Å². The third-order valence-corrected chi connectivity index (χ3v) is 5.24. The molecule has 4 heteroatoms. The van der Waals surface area contributed by atoms with Gasteiger partial charge in [0.25, 0.3) is 0 Å². The molecule has 1 N–H and O–H groups in total. The van der Waals surface area contributed by atoms with Crippen LogP contribution in [0.2, 0.25) is 0 Å². The largest absolute Gasteiger partial charge is 0.356 e. The summed E-state index contributed by atoms with van der Waals surface area (Å²) in [7, 11) is 1.98. The minimum atomic E-state index is 0.361. The van der Waals surface area contributed by atoms with E-state index in [-0.39, 0.29) is 0 Å². The molecule has 1 aliphatic heterocycles. The van der Waals surface area contributed by atoms with Crippen molar-refractivity contribution in [3.63, 3.8) is 0 Å². The fourth-order valence-corrected chi connectivity index (χ4v) is 3.36. The number of rotatable bonds is 3. The number of nitrogens with one attached hydrogen (secondary N) is 1. The quantitative estimate of drug-likeness (QED) is 0.920. The molecule has 1 fully saturated rings. The maximum atomic E-state index is 4.64. The van der Waals surface area contributed by atoms with E-state index in [1.54, 1.807) is 0 Å². The van der Waals surface area contributed by atoms with Crippen molar-refractivity contribution < 1.29 is 0 Å². The summed E-state index contributed by atoms with van der Waals surface area (Å²) in [5.41, 5.74) is 1.25. The maximum Gasteiger partial charge on any atom is 0.128 e. The van der Waals surface area contributed by atoms with E-state index in [9.17, 15) is 0 Å². The molecule has 1 atom stereocenters. The van der Waals surface area contributed by atoms with Crippen molar-refractivity contribution in [1.82, 2.24) is 10.3 Å².